The first-order chi connectivity index (χ1) is 10.8. The Morgan fingerprint density at radius 3 is 2.68 bits per heavy atom. The molecule has 3 rings (SSSR count). The smallest absolute Gasteiger partial charge is 0.138 e. The van der Waals surface area contributed by atoms with Crippen LogP contribution in [0.5, 0.6) is 0 Å². The van der Waals surface area contributed by atoms with E-state index in [-0.39, 0.29) is 0 Å². The number of hydrogen-bond acceptors (Lipinski definition) is 4. The molecule has 0 fully saturated rings. The first kappa shape index (κ1) is 13.8. The summed E-state index contributed by atoms with van der Waals surface area (Å²) in [5.41, 5.74) is 2.86. The molecule has 0 aliphatic carbocycles. The highest BCUT2D eigenvalue weighted by molar-refractivity contribution is 5.57. The third-order valence-electron chi connectivity index (χ3n) is 3.20. The lowest BCUT2D eigenvalue weighted by atomic mass is 10.1. The van der Waals surface area contributed by atoms with E-state index >= 15 is 0 Å². The van der Waals surface area contributed by atoms with Gasteiger partial charge in [0.25, 0.3) is 0 Å². The molecule has 1 aromatic heterocycles. The molecule has 1 N–H and O–H groups in total. The van der Waals surface area contributed by atoms with Crippen LogP contribution in [0.3, 0.4) is 0 Å². The molecule has 0 unspecified atom stereocenters. The second-order valence-electron chi connectivity index (χ2n) is 4.66. The van der Waals surface area contributed by atoms with Gasteiger partial charge in [0.05, 0.1) is 16.9 Å². The molecule has 0 aliphatic rings. The van der Waals surface area contributed by atoms with Gasteiger partial charge in [0, 0.05) is 6.54 Å². The third kappa shape index (κ3) is 2.94. The SMILES string of the molecule is N#Cc1cc(F)ccc1NCc1ccc(-n2cncn2)cc1. The Labute approximate surface area is 126 Å². The van der Waals surface area contributed by atoms with Crippen LogP contribution in [0, 0.1) is 17.1 Å². The van der Waals surface area contributed by atoms with Crippen LogP contribution in [-0.2, 0) is 6.54 Å². The zero-order valence-electron chi connectivity index (χ0n) is 11.6. The fourth-order valence-electron chi connectivity index (χ4n) is 2.07. The maximum atomic E-state index is 13.1. The van der Waals surface area contributed by atoms with Crippen molar-refractivity contribution in [1.82, 2.24) is 14.8 Å². The second-order valence-corrected chi connectivity index (χ2v) is 4.66. The minimum atomic E-state index is -0.417. The van der Waals surface area contributed by atoms with Crippen molar-refractivity contribution < 1.29 is 4.39 Å². The Hall–Kier alpha value is -3.20. The molecule has 0 amide bonds. The first-order valence-corrected chi connectivity index (χ1v) is 6.64. The summed E-state index contributed by atoms with van der Waals surface area (Å²) < 4.78 is 14.8. The maximum absolute atomic E-state index is 13.1. The van der Waals surface area contributed by atoms with Crippen LogP contribution >= 0.6 is 0 Å². The number of rotatable bonds is 4. The third-order valence-corrected chi connectivity index (χ3v) is 3.20. The van der Waals surface area contributed by atoms with E-state index in [0.717, 1.165) is 11.3 Å². The zero-order valence-corrected chi connectivity index (χ0v) is 11.6. The summed E-state index contributed by atoms with van der Waals surface area (Å²) in [4.78, 5) is 3.90. The van der Waals surface area contributed by atoms with Crippen LogP contribution in [-0.4, -0.2) is 14.8 Å². The van der Waals surface area contributed by atoms with Gasteiger partial charge < -0.3 is 5.32 Å². The summed E-state index contributed by atoms with van der Waals surface area (Å²) in [5, 5.41) is 16.2. The van der Waals surface area contributed by atoms with E-state index in [4.69, 9.17) is 5.26 Å². The van der Waals surface area contributed by atoms with Crippen LogP contribution in [0.1, 0.15) is 11.1 Å². The molecule has 0 bridgehead atoms. The van der Waals surface area contributed by atoms with Crippen molar-refractivity contribution in [1.29, 1.82) is 5.26 Å². The van der Waals surface area contributed by atoms with Crippen molar-refractivity contribution >= 4 is 5.69 Å². The van der Waals surface area contributed by atoms with Crippen LogP contribution in [0.4, 0.5) is 10.1 Å². The molecule has 2 aromatic carbocycles. The number of nitrogens with zero attached hydrogens (tertiary/aromatic N) is 4. The Balaban J connectivity index is 1.71. The van der Waals surface area contributed by atoms with Crippen molar-refractivity contribution in [3.63, 3.8) is 0 Å². The highest BCUT2D eigenvalue weighted by Gasteiger charge is 2.04. The zero-order chi connectivity index (χ0) is 15.4. The van der Waals surface area contributed by atoms with Crippen LogP contribution in [0.2, 0.25) is 0 Å². The molecule has 108 valence electrons. The van der Waals surface area contributed by atoms with E-state index < -0.39 is 5.82 Å². The molecule has 5 nitrogen and oxygen atoms in total. The number of hydrogen-bond donors (Lipinski definition) is 1. The fraction of sp³-hybridized carbons (Fsp3) is 0.0625. The van der Waals surface area contributed by atoms with Gasteiger partial charge in [0.2, 0.25) is 0 Å². The summed E-state index contributed by atoms with van der Waals surface area (Å²) in [6.07, 6.45) is 3.11. The van der Waals surface area contributed by atoms with E-state index in [9.17, 15) is 4.39 Å². The highest BCUT2D eigenvalue weighted by Crippen LogP contribution is 2.17. The standard InChI is InChI=1S/C16H12FN5/c17-14-3-6-16(13(7-14)8-18)20-9-12-1-4-15(5-2-12)22-11-19-10-21-22/h1-7,10-11,20H,9H2. The van der Waals surface area contributed by atoms with E-state index in [0.29, 0.717) is 17.8 Å². The highest BCUT2D eigenvalue weighted by atomic mass is 19.1. The number of nitrogens with one attached hydrogen (secondary N) is 1. The molecule has 0 atom stereocenters. The van der Waals surface area contributed by atoms with Gasteiger partial charge in [-0.3, -0.25) is 0 Å². The average molecular weight is 293 g/mol. The topological polar surface area (TPSA) is 66.5 Å². The van der Waals surface area contributed by atoms with Gasteiger partial charge in [-0.25, -0.2) is 14.1 Å². The summed E-state index contributed by atoms with van der Waals surface area (Å²) in [6, 6.07) is 13.9. The molecular weight excluding hydrogens is 281 g/mol. The van der Waals surface area contributed by atoms with Gasteiger partial charge in [-0.05, 0) is 35.9 Å². The monoisotopic (exact) mass is 293 g/mol. The van der Waals surface area contributed by atoms with Gasteiger partial charge in [0.1, 0.15) is 24.5 Å². The number of benzene rings is 2. The minimum Gasteiger partial charge on any atom is -0.380 e. The lowest BCUT2D eigenvalue weighted by molar-refractivity contribution is 0.627. The van der Waals surface area contributed by atoms with Gasteiger partial charge in [0.15, 0.2) is 0 Å². The molecule has 0 saturated carbocycles. The van der Waals surface area contributed by atoms with Gasteiger partial charge in [-0.1, -0.05) is 12.1 Å². The van der Waals surface area contributed by atoms with Gasteiger partial charge in [-0.2, -0.15) is 10.4 Å². The van der Waals surface area contributed by atoms with Crippen LogP contribution in [0.25, 0.3) is 5.69 Å². The normalized spacial score (nSPS) is 10.2. The number of halogens is 1. The Kier molecular flexibility index (Phi) is 3.79. The fourth-order valence-corrected chi connectivity index (χ4v) is 2.07. The molecule has 3 aromatic rings. The van der Waals surface area contributed by atoms with Crippen molar-refractivity contribution in [3.05, 3.63) is 72.1 Å². The van der Waals surface area contributed by atoms with E-state index in [1.165, 1.54) is 18.5 Å². The predicted octanol–water partition coefficient (Wildman–Crippen LogP) is 2.89. The lowest BCUT2D eigenvalue weighted by Gasteiger charge is -2.09. The molecule has 22 heavy (non-hydrogen) atoms. The van der Waals surface area contributed by atoms with E-state index in [2.05, 4.69) is 15.4 Å². The molecule has 6 heteroatoms. The Morgan fingerprint density at radius 1 is 1.18 bits per heavy atom. The Bertz CT molecular complexity index is 804. The molecular formula is C16H12FN5. The van der Waals surface area contributed by atoms with Crippen LogP contribution < -0.4 is 5.32 Å². The second kappa shape index (κ2) is 6.06. The molecule has 1 heterocycles. The molecule has 0 radical (unpaired) electrons. The molecule has 0 spiro atoms. The largest absolute Gasteiger partial charge is 0.380 e. The Morgan fingerprint density at radius 2 is 2.00 bits per heavy atom. The number of nitriles is 1. The summed E-state index contributed by atoms with van der Waals surface area (Å²) >= 11 is 0. The van der Waals surface area contributed by atoms with Gasteiger partial charge in [-0.15, -0.1) is 0 Å². The van der Waals surface area contributed by atoms with E-state index in [1.807, 2.05) is 30.3 Å². The average Bonchev–Trinajstić information content (AvgIpc) is 3.08. The number of anilines is 1. The lowest BCUT2D eigenvalue weighted by Crippen LogP contribution is -2.02. The summed E-state index contributed by atoms with van der Waals surface area (Å²) in [5.74, 6) is -0.417. The quantitative estimate of drug-likeness (QED) is 0.803. The van der Waals surface area contributed by atoms with Crippen molar-refractivity contribution in [2.75, 3.05) is 5.32 Å². The van der Waals surface area contributed by atoms with Crippen molar-refractivity contribution in [3.8, 4) is 11.8 Å². The first-order valence-electron chi connectivity index (χ1n) is 6.64. The summed E-state index contributed by atoms with van der Waals surface area (Å²) in [6.45, 7) is 0.540. The maximum Gasteiger partial charge on any atom is 0.138 e. The van der Waals surface area contributed by atoms with Crippen molar-refractivity contribution in [2.45, 2.75) is 6.54 Å². The number of aromatic nitrogens is 3. The van der Waals surface area contributed by atoms with E-state index in [1.54, 1.807) is 17.1 Å². The van der Waals surface area contributed by atoms with Crippen LogP contribution in [0.15, 0.2) is 55.1 Å². The predicted molar refractivity (Wildman–Crippen MR) is 79.8 cm³/mol. The summed E-state index contributed by atoms with van der Waals surface area (Å²) in [7, 11) is 0. The van der Waals surface area contributed by atoms with Gasteiger partial charge >= 0.3 is 0 Å². The molecule has 0 saturated heterocycles. The molecule has 0 aliphatic heterocycles. The van der Waals surface area contributed by atoms with Crippen molar-refractivity contribution in [2.24, 2.45) is 0 Å². The minimum absolute atomic E-state index is 0.291.